The molecule has 0 radical (unpaired) electrons. The quantitative estimate of drug-likeness (QED) is 0.0643. The number of hydrogen-bond acceptors (Lipinski definition) is 22. The second-order valence-corrected chi connectivity index (χ2v) is 25.9. The van der Waals surface area contributed by atoms with E-state index in [1.54, 1.807) is 0 Å². The van der Waals surface area contributed by atoms with E-state index in [1.165, 1.54) is 5.57 Å². The van der Waals surface area contributed by atoms with Crippen LogP contribution in [0.1, 0.15) is 113 Å². The number of aliphatic hydroxyl groups excluding tert-OH is 13. The number of fused-ring (bicyclic) bond motifs is 7. The lowest BCUT2D eigenvalue weighted by Gasteiger charge is -2.71. The van der Waals surface area contributed by atoms with Crippen molar-refractivity contribution >= 4 is 5.97 Å². The normalized spacial score (nSPS) is 53.5. The molecule has 0 aromatic rings. The first-order valence-corrected chi connectivity index (χ1v) is 27.2. The molecular weight excluding hydrogens is 989 g/mol. The molecule has 0 aromatic carbocycles. The highest BCUT2D eigenvalue weighted by atomic mass is 16.8. The molecule has 22 heteroatoms. The van der Waals surface area contributed by atoms with Crippen molar-refractivity contribution < 1.29 is 109 Å². The molecule has 4 heterocycles. The summed E-state index contributed by atoms with van der Waals surface area (Å²) in [6, 6.07) is 0. The fourth-order valence-corrected chi connectivity index (χ4v) is 16.2. The molecule has 0 aromatic heterocycles. The van der Waals surface area contributed by atoms with E-state index in [1.807, 2.05) is 0 Å². The molecule has 22 nitrogen and oxygen atoms in total. The predicted octanol–water partition coefficient (Wildman–Crippen LogP) is -1.40. The van der Waals surface area contributed by atoms with Gasteiger partial charge in [-0.1, -0.05) is 60.1 Å². The van der Waals surface area contributed by atoms with Crippen LogP contribution in [0.5, 0.6) is 0 Å². The van der Waals surface area contributed by atoms with Crippen molar-refractivity contribution in [2.75, 3.05) is 26.4 Å². The Morgan fingerprint density at radius 2 is 1.17 bits per heavy atom. The van der Waals surface area contributed by atoms with Gasteiger partial charge < -0.3 is 104 Å². The van der Waals surface area contributed by atoms with Gasteiger partial charge in [-0.05, 0) is 109 Å². The van der Waals surface area contributed by atoms with E-state index in [2.05, 4.69) is 54.5 Å². The largest absolute Gasteiger partial charge is 0.432 e. The van der Waals surface area contributed by atoms with Crippen LogP contribution in [-0.4, -0.2) is 222 Å². The zero-order valence-corrected chi connectivity index (χ0v) is 44.2. The molecule has 8 fully saturated rings. The summed E-state index contributed by atoms with van der Waals surface area (Å²) in [6.45, 7) is 13.9. The lowest BCUT2D eigenvalue weighted by molar-refractivity contribution is -0.357. The molecule has 27 unspecified atom stereocenters. The van der Waals surface area contributed by atoms with Gasteiger partial charge in [-0.3, -0.25) is 4.79 Å². The summed E-state index contributed by atoms with van der Waals surface area (Å²) in [7, 11) is 0. The topological polar surface area (TPSA) is 354 Å². The summed E-state index contributed by atoms with van der Waals surface area (Å²) in [5, 5.41) is 137. The molecule has 4 saturated heterocycles. The first-order valence-electron chi connectivity index (χ1n) is 27.2. The Bertz CT molecular complexity index is 2060. The molecule has 13 N–H and O–H groups in total. The first kappa shape index (κ1) is 58.1. The van der Waals surface area contributed by atoms with Crippen molar-refractivity contribution in [2.24, 2.45) is 50.2 Å². The summed E-state index contributed by atoms with van der Waals surface area (Å²) in [6.07, 6.45) is -20.6. The third-order valence-corrected chi connectivity index (χ3v) is 21.0. The average Bonchev–Trinajstić information content (AvgIpc) is 3.37. The predicted molar refractivity (Wildman–Crippen MR) is 257 cm³/mol. The van der Waals surface area contributed by atoms with Gasteiger partial charge in [0.05, 0.1) is 37.9 Å². The lowest BCUT2D eigenvalue weighted by Crippen LogP contribution is -2.66. The number of carbonyl (C=O) groups excluding carboxylic acids is 1. The van der Waals surface area contributed by atoms with Crippen molar-refractivity contribution in [3.05, 3.63) is 11.6 Å². The zero-order chi connectivity index (χ0) is 54.7. The molecule has 75 heavy (non-hydrogen) atoms. The molecular formula is C53H86O22. The van der Waals surface area contributed by atoms with Crippen molar-refractivity contribution in [1.82, 2.24) is 0 Å². The third kappa shape index (κ3) is 9.60. The average molecular weight is 1080 g/mol. The maximum atomic E-state index is 15.0. The van der Waals surface area contributed by atoms with E-state index >= 15 is 4.79 Å². The molecule has 0 bridgehead atoms. The number of esters is 1. The molecule has 4 saturated carbocycles. The molecule has 0 amide bonds. The monoisotopic (exact) mass is 1070 g/mol. The number of aliphatic hydroxyl groups is 13. The van der Waals surface area contributed by atoms with Gasteiger partial charge in [-0.25, -0.2) is 0 Å². The Hall–Kier alpha value is -1.59. The van der Waals surface area contributed by atoms with Gasteiger partial charge in [0.2, 0.25) is 6.29 Å². The van der Waals surface area contributed by atoms with E-state index in [4.69, 9.17) is 37.9 Å². The number of allylic oxidation sites excluding steroid dienone is 2. The molecule has 5 aliphatic carbocycles. The highest BCUT2D eigenvalue weighted by Gasteiger charge is 2.70. The van der Waals surface area contributed by atoms with Crippen LogP contribution in [0.25, 0.3) is 0 Å². The van der Waals surface area contributed by atoms with Gasteiger partial charge in [0.1, 0.15) is 91.6 Å². The Morgan fingerprint density at radius 3 is 1.81 bits per heavy atom. The third-order valence-electron chi connectivity index (χ3n) is 21.0. The zero-order valence-electron chi connectivity index (χ0n) is 44.2. The number of hydrogen-bond donors (Lipinski definition) is 13. The SMILES string of the molecule is CC1(C)CCC2(C(=O)OC3OC(COC4OC(CO)C(O)C(O)C4O)C(O)C(O)C3O)CCC3(C)C(=CCC4C5(C)CCC(OC6OCC(O)C(OC7OC(CO)C(O)C(O)C7O)C6O)C(C)(C)C5CCC43C)C2C1. The van der Waals surface area contributed by atoms with Crippen LogP contribution in [0.4, 0.5) is 0 Å². The van der Waals surface area contributed by atoms with E-state index in [0.29, 0.717) is 32.1 Å². The van der Waals surface area contributed by atoms with Gasteiger partial charge >= 0.3 is 5.97 Å². The highest BCUT2D eigenvalue weighted by molar-refractivity contribution is 5.79. The minimum atomic E-state index is -1.82. The van der Waals surface area contributed by atoms with Gasteiger partial charge in [0.25, 0.3) is 0 Å². The van der Waals surface area contributed by atoms with Crippen molar-refractivity contribution in [2.45, 2.75) is 235 Å². The summed E-state index contributed by atoms with van der Waals surface area (Å²) >= 11 is 0. The van der Waals surface area contributed by atoms with Crippen LogP contribution >= 0.6 is 0 Å². The molecule has 9 rings (SSSR count). The van der Waals surface area contributed by atoms with Gasteiger partial charge in [-0.2, -0.15) is 0 Å². The molecule has 4 aliphatic heterocycles. The fraction of sp³-hybridized carbons (Fsp3) is 0.943. The lowest BCUT2D eigenvalue weighted by atomic mass is 9.33. The minimum Gasteiger partial charge on any atom is -0.432 e. The second-order valence-electron chi connectivity index (χ2n) is 25.9. The minimum absolute atomic E-state index is 0.120. The van der Waals surface area contributed by atoms with E-state index in [-0.39, 0.29) is 52.1 Å². The van der Waals surface area contributed by atoms with Crippen LogP contribution in [0.15, 0.2) is 11.6 Å². The Labute approximate surface area is 437 Å². The Balaban J connectivity index is 0.903. The number of carbonyl (C=O) groups is 1. The van der Waals surface area contributed by atoms with Gasteiger partial charge in [-0.15, -0.1) is 0 Å². The molecule has 27 atom stereocenters. The van der Waals surface area contributed by atoms with Crippen molar-refractivity contribution in [1.29, 1.82) is 0 Å². The Morgan fingerprint density at radius 1 is 0.600 bits per heavy atom. The molecule has 430 valence electrons. The Kier molecular flexibility index (Phi) is 16.3. The molecule has 0 spiro atoms. The van der Waals surface area contributed by atoms with Crippen LogP contribution in [0, 0.1) is 50.2 Å². The second kappa shape index (κ2) is 21.1. The molecule has 9 aliphatic rings. The maximum absolute atomic E-state index is 15.0. The van der Waals surface area contributed by atoms with E-state index in [0.717, 1.165) is 32.1 Å². The summed E-state index contributed by atoms with van der Waals surface area (Å²) < 4.78 is 47.1. The summed E-state index contributed by atoms with van der Waals surface area (Å²) in [4.78, 5) is 15.0. The highest BCUT2D eigenvalue weighted by Crippen LogP contribution is 2.76. The maximum Gasteiger partial charge on any atom is 0.315 e. The van der Waals surface area contributed by atoms with Crippen molar-refractivity contribution in [3.63, 3.8) is 0 Å². The van der Waals surface area contributed by atoms with Crippen LogP contribution in [0.3, 0.4) is 0 Å². The van der Waals surface area contributed by atoms with Crippen molar-refractivity contribution in [3.8, 4) is 0 Å². The van der Waals surface area contributed by atoms with Crippen LogP contribution in [0.2, 0.25) is 0 Å². The summed E-state index contributed by atoms with van der Waals surface area (Å²) in [5.74, 6) is -0.352. The number of ether oxygens (including phenoxy) is 8. The van der Waals surface area contributed by atoms with Crippen LogP contribution < -0.4 is 0 Å². The van der Waals surface area contributed by atoms with Gasteiger partial charge in [0, 0.05) is 0 Å². The first-order chi connectivity index (χ1) is 35.1. The smallest absolute Gasteiger partial charge is 0.315 e. The number of rotatable bonds is 11. The van der Waals surface area contributed by atoms with Gasteiger partial charge in [0.15, 0.2) is 18.9 Å². The fourth-order valence-electron chi connectivity index (χ4n) is 16.2. The standard InChI is InChI=1S/C53H86O22/c1-48(2)14-16-53(47(67)75-46-40(65)37(62)34(59)28(72-46)22-69-43-38(63)35(60)32(57)26(19-54)70-43)17-15-51(6)23(24(53)18-48)8-9-30-50(5)12-11-31(49(3,4)29(50)10-13-52(30,51)7)73-44-41(66)42(25(56)21-68-44)74-45-39(64)36(61)33(58)27(20-55)71-45/h8,24-46,54-66H,9-22H2,1-7H3. The van der Waals surface area contributed by atoms with E-state index in [9.17, 15) is 66.4 Å². The summed E-state index contributed by atoms with van der Waals surface area (Å²) in [5.41, 5.74) is -0.942. The van der Waals surface area contributed by atoms with Crippen LogP contribution in [-0.2, 0) is 42.7 Å². The van der Waals surface area contributed by atoms with E-state index < -0.39 is 153 Å².